The molecule has 2 amide bonds. The van der Waals surface area contributed by atoms with Crippen LogP contribution in [0.15, 0.2) is 46.0 Å². The molecule has 2 aromatic heterocycles. The van der Waals surface area contributed by atoms with E-state index < -0.39 is 22.9 Å². The molecule has 28 heavy (non-hydrogen) atoms. The second-order valence-corrected chi connectivity index (χ2v) is 6.84. The zero-order valence-electron chi connectivity index (χ0n) is 14.3. The van der Waals surface area contributed by atoms with Crippen LogP contribution in [0.2, 0.25) is 0 Å². The van der Waals surface area contributed by atoms with Gasteiger partial charge in [-0.25, -0.2) is 9.18 Å². The number of carbonyl (C=O) groups is 3. The Kier molecular flexibility index (Phi) is 4.44. The van der Waals surface area contributed by atoms with E-state index in [1.165, 1.54) is 31.5 Å². The molecule has 1 N–H and O–H groups in total. The summed E-state index contributed by atoms with van der Waals surface area (Å²) in [6.45, 7) is 0. The number of thioether (sulfide) groups is 1. The van der Waals surface area contributed by atoms with Crippen LogP contribution in [0.3, 0.4) is 0 Å². The number of methoxy groups -OCH3 is 1. The van der Waals surface area contributed by atoms with E-state index in [-0.39, 0.29) is 10.5 Å². The van der Waals surface area contributed by atoms with Gasteiger partial charge in [-0.2, -0.15) is 0 Å². The predicted octanol–water partition coefficient (Wildman–Crippen LogP) is 3.74. The maximum absolute atomic E-state index is 14.0. The van der Waals surface area contributed by atoms with Gasteiger partial charge in [0.15, 0.2) is 0 Å². The number of amides is 2. The molecule has 0 spiro atoms. The summed E-state index contributed by atoms with van der Waals surface area (Å²) in [6.07, 6.45) is 4.48. The molecule has 0 bridgehead atoms. The van der Waals surface area contributed by atoms with Crippen LogP contribution < -0.4 is 5.32 Å². The maximum atomic E-state index is 14.0. The van der Waals surface area contributed by atoms with Crippen molar-refractivity contribution in [3.05, 3.63) is 58.7 Å². The molecule has 140 valence electrons. The molecule has 3 aromatic rings. The van der Waals surface area contributed by atoms with Crippen LogP contribution in [0.5, 0.6) is 0 Å². The summed E-state index contributed by atoms with van der Waals surface area (Å²) in [6, 6.07) is 5.46. The highest BCUT2D eigenvalue weighted by Crippen LogP contribution is 2.33. The van der Waals surface area contributed by atoms with Crippen LogP contribution in [0.4, 0.5) is 9.18 Å². The first kappa shape index (κ1) is 17.9. The molecule has 4 rings (SSSR count). The third-order valence-corrected chi connectivity index (χ3v) is 4.80. The van der Waals surface area contributed by atoms with Crippen LogP contribution in [-0.2, 0) is 9.53 Å². The van der Waals surface area contributed by atoms with Crippen LogP contribution >= 0.6 is 11.8 Å². The van der Waals surface area contributed by atoms with Gasteiger partial charge in [0, 0.05) is 29.4 Å². The summed E-state index contributed by atoms with van der Waals surface area (Å²) < 4.78 is 24.5. The van der Waals surface area contributed by atoms with Gasteiger partial charge in [-0.15, -0.1) is 0 Å². The number of rotatable bonds is 3. The van der Waals surface area contributed by atoms with Crippen molar-refractivity contribution in [2.75, 3.05) is 7.11 Å². The Labute approximate surface area is 161 Å². The van der Waals surface area contributed by atoms with E-state index in [0.717, 1.165) is 17.8 Å². The van der Waals surface area contributed by atoms with Gasteiger partial charge in [0.2, 0.25) is 0 Å². The Hall–Kier alpha value is -3.46. The summed E-state index contributed by atoms with van der Waals surface area (Å²) in [4.78, 5) is 39.1. The molecular formula is C19H11FN2O5S. The third kappa shape index (κ3) is 3.27. The van der Waals surface area contributed by atoms with Gasteiger partial charge in [0.25, 0.3) is 11.1 Å². The fourth-order valence-electron chi connectivity index (χ4n) is 2.79. The smallest absolute Gasteiger partial charge is 0.337 e. The molecular weight excluding hydrogens is 387 g/mol. The first-order valence-corrected chi connectivity index (χ1v) is 8.78. The Morgan fingerprint density at radius 2 is 2.07 bits per heavy atom. The van der Waals surface area contributed by atoms with Gasteiger partial charge in [0.1, 0.15) is 17.2 Å². The summed E-state index contributed by atoms with van der Waals surface area (Å²) in [5.41, 5.74) is 1.31. The number of halogens is 1. The minimum Gasteiger partial charge on any atom is -0.465 e. The minimum atomic E-state index is -0.667. The molecule has 1 aliphatic heterocycles. The zero-order chi connectivity index (χ0) is 19.8. The Bertz CT molecular complexity index is 1180. The highest BCUT2D eigenvalue weighted by atomic mass is 32.2. The average Bonchev–Trinajstić information content (AvgIpc) is 3.22. The Balaban J connectivity index is 1.81. The first-order chi connectivity index (χ1) is 13.4. The Morgan fingerprint density at radius 1 is 1.25 bits per heavy atom. The second-order valence-electron chi connectivity index (χ2n) is 5.83. The van der Waals surface area contributed by atoms with Crippen molar-refractivity contribution in [2.24, 2.45) is 0 Å². The molecule has 1 fully saturated rings. The topological polar surface area (TPSA) is 98.5 Å². The number of imide groups is 1. The van der Waals surface area contributed by atoms with Gasteiger partial charge in [-0.05, 0) is 41.6 Å². The fraction of sp³-hybridized carbons (Fsp3) is 0.0526. The zero-order valence-corrected chi connectivity index (χ0v) is 15.1. The van der Waals surface area contributed by atoms with E-state index in [1.807, 2.05) is 0 Å². The van der Waals surface area contributed by atoms with Gasteiger partial charge in [-0.3, -0.25) is 19.9 Å². The van der Waals surface area contributed by atoms with Crippen molar-refractivity contribution in [1.29, 1.82) is 0 Å². The molecule has 0 radical (unpaired) electrons. The number of furan rings is 1. The molecule has 1 saturated heterocycles. The number of fused-ring (bicyclic) bond motifs is 1. The van der Waals surface area contributed by atoms with Crippen LogP contribution in [0.1, 0.15) is 16.1 Å². The standard InChI is InChI=1S/C19H11FN2O5S/c1-26-18(24)10-2-9(3-12(20)4-10)14-8-21-7-11-5-13(27-16(11)14)6-15-17(23)22-19(25)28-15/h2-8H,1H3,(H,22,23,25)/b15-6+. The number of carbonyl (C=O) groups excluding carboxylic acids is 3. The van der Waals surface area contributed by atoms with Gasteiger partial charge in [0.05, 0.1) is 17.6 Å². The normalized spacial score (nSPS) is 15.3. The van der Waals surface area contributed by atoms with Crippen molar-refractivity contribution >= 4 is 45.9 Å². The van der Waals surface area contributed by atoms with Gasteiger partial charge in [-0.1, -0.05) is 0 Å². The van der Waals surface area contributed by atoms with Crippen molar-refractivity contribution in [3.63, 3.8) is 0 Å². The van der Waals surface area contributed by atoms with E-state index in [4.69, 9.17) is 4.42 Å². The van der Waals surface area contributed by atoms with E-state index in [1.54, 1.807) is 12.3 Å². The molecule has 3 heterocycles. The largest absolute Gasteiger partial charge is 0.465 e. The van der Waals surface area contributed by atoms with Crippen molar-refractivity contribution in [1.82, 2.24) is 10.3 Å². The fourth-order valence-corrected chi connectivity index (χ4v) is 3.45. The third-order valence-electron chi connectivity index (χ3n) is 3.99. The highest BCUT2D eigenvalue weighted by molar-refractivity contribution is 8.18. The molecule has 1 aromatic carbocycles. The first-order valence-electron chi connectivity index (χ1n) is 7.96. The minimum absolute atomic E-state index is 0.0564. The molecule has 7 nitrogen and oxygen atoms in total. The van der Waals surface area contributed by atoms with Crippen LogP contribution in [-0.4, -0.2) is 29.2 Å². The monoisotopic (exact) mass is 398 g/mol. The van der Waals surface area contributed by atoms with E-state index in [2.05, 4.69) is 15.0 Å². The lowest BCUT2D eigenvalue weighted by atomic mass is 10.0. The summed E-state index contributed by atoms with van der Waals surface area (Å²) in [5, 5.41) is 2.32. The van der Waals surface area contributed by atoms with Crippen LogP contribution in [0, 0.1) is 5.82 Å². The molecule has 1 aliphatic rings. The number of esters is 1. The van der Waals surface area contributed by atoms with Crippen molar-refractivity contribution in [2.45, 2.75) is 0 Å². The quantitative estimate of drug-likeness (QED) is 0.530. The van der Waals surface area contributed by atoms with E-state index in [9.17, 15) is 18.8 Å². The number of ether oxygens (including phenoxy) is 1. The summed E-state index contributed by atoms with van der Waals surface area (Å²) >= 11 is 0.774. The molecule has 9 heteroatoms. The molecule has 0 saturated carbocycles. The summed E-state index contributed by atoms with van der Waals surface area (Å²) in [7, 11) is 1.21. The number of pyridine rings is 1. The van der Waals surface area contributed by atoms with Gasteiger partial charge < -0.3 is 9.15 Å². The van der Waals surface area contributed by atoms with E-state index in [0.29, 0.717) is 27.9 Å². The lowest BCUT2D eigenvalue weighted by Gasteiger charge is -2.05. The summed E-state index contributed by atoms with van der Waals surface area (Å²) in [5.74, 6) is -1.44. The van der Waals surface area contributed by atoms with E-state index >= 15 is 0 Å². The number of aromatic nitrogens is 1. The van der Waals surface area contributed by atoms with Crippen molar-refractivity contribution < 1.29 is 27.9 Å². The van der Waals surface area contributed by atoms with Gasteiger partial charge >= 0.3 is 5.97 Å². The number of nitrogens with zero attached hydrogens (tertiary/aromatic N) is 1. The Morgan fingerprint density at radius 3 is 2.79 bits per heavy atom. The second kappa shape index (κ2) is 6.93. The molecule has 0 unspecified atom stereocenters. The highest BCUT2D eigenvalue weighted by Gasteiger charge is 2.25. The predicted molar refractivity (Wildman–Crippen MR) is 99.8 cm³/mol. The lowest BCUT2D eigenvalue weighted by Crippen LogP contribution is -2.17. The molecule has 0 aliphatic carbocycles. The number of benzene rings is 1. The lowest BCUT2D eigenvalue weighted by molar-refractivity contribution is -0.115. The number of nitrogens with one attached hydrogen (secondary N) is 1. The average molecular weight is 398 g/mol. The van der Waals surface area contributed by atoms with Crippen molar-refractivity contribution in [3.8, 4) is 11.1 Å². The molecule has 0 atom stereocenters. The number of hydrogen-bond acceptors (Lipinski definition) is 7. The SMILES string of the molecule is COC(=O)c1cc(F)cc(-c2cncc3cc(/C=C4/SC(=O)NC4=O)oc23)c1. The van der Waals surface area contributed by atoms with Crippen LogP contribution in [0.25, 0.3) is 28.2 Å². The maximum Gasteiger partial charge on any atom is 0.337 e. The number of hydrogen-bond donors (Lipinski definition) is 1.